The van der Waals surface area contributed by atoms with E-state index in [1.165, 1.54) is 34.8 Å². The van der Waals surface area contributed by atoms with Crippen LogP contribution in [0.25, 0.3) is 20.4 Å². The van der Waals surface area contributed by atoms with Crippen molar-refractivity contribution in [1.29, 1.82) is 0 Å². The number of ether oxygens (including phenoxy) is 2. The Morgan fingerprint density at radius 1 is 0.672 bits per heavy atom. The Balaban J connectivity index is 1.31. The molecule has 0 saturated heterocycles. The molecule has 5 aromatic heterocycles. The van der Waals surface area contributed by atoms with E-state index in [4.69, 9.17) is 34.7 Å². The third-order valence-electron chi connectivity index (χ3n) is 8.91. The van der Waals surface area contributed by atoms with Crippen molar-refractivity contribution >= 4 is 134 Å². The van der Waals surface area contributed by atoms with E-state index < -0.39 is 0 Å². The number of hydrogen-bond acceptors (Lipinski definition) is 21. The average Bonchev–Trinajstić information content (AvgIpc) is 4.05. The van der Waals surface area contributed by atoms with E-state index in [9.17, 15) is 5.11 Å². The molecule has 7 aromatic rings. The van der Waals surface area contributed by atoms with Crippen LogP contribution in [-0.4, -0.2) is 81.6 Å². The Labute approximate surface area is 355 Å². The molecule has 16 nitrogen and oxygen atoms in total. The van der Waals surface area contributed by atoms with Crippen LogP contribution in [0.4, 0.5) is 56.0 Å². The highest BCUT2D eigenvalue weighted by Gasteiger charge is 2.20. The first kappa shape index (κ1) is 41.1. The van der Waals surface area contributed by atoms with E-state index in [0.717, 1.165) is 58.0 Å². The zero-order valence-electron chi connectivity index (χ0n) is 32.6. The van der Waals surface area contributed by atoms with E-state index >= 15 is 0 Å². The van der Waals surface area contributed by atoms with E-state index in [-0.39, 0.29) is 18.5 Å². The van der Waals surface area contributed by atoms with Gasteiger partial charge in [-0.05, 0) is 85.8 Å². The lowest BCUT2D eigenvalue weighted by Crippen LogP contribution is -2.22. The van der Waals surface area contributed by atoms with Crippen molar-refractivity contribution < 1.29 is 14.6 Å². The van der Waals surface area contributed by atoms with Gasteiger partial charge < -0.3 is 35.0 Å². The van der Waals surface area contributed by atoms with Crippen LogP contribution < -0.4 is 29.9 Å². The molecule has 302 valence electrons. The van der Waals surface area contributed by atoms with Crippen molar-refractivity contribution in [2.75, 3.05) is 73.2 Å². The van der Waals surface area contributed by atoms with Crippen LogP contribution in [0.3, 0.4) is 0 Å². The van der Waals surface area contributed by atoms with Crippen LogP contribution in [0.1, 0.15) is 27.7 Å². The molecule has 0 atom stereocenters. The van der Waals surface area contributed by atoms with Gasteiger partial charge in [-0.25, -0.2) is 0 Å². The highest BCUT2D eigenvalue weighted by Crippen LogP contribution is 2.44. The van der Waals surface area contributed by atoms with Gasteiger partial charge in [0.1, 0.15) is 32.5 Å². The summed E-state index contributed by atoms with van der Waals surface area (Å²) in [7, 11) is 3.28. The summed E-state index contributed by atoms with van der Waals surface area (Å²) in [6, 6.07) is 11.6. The van der Waals surface area contributed by atoms with Crippen LogP contribution in [0.2, 0.25) is 0 Å². The predicted octanol–water partition coefficient (Wildman–Crippen LogP) is 11.3. The second-order valence-corrected chi connectivity index (χ2v) is 16.5. The predicted molar refractivity (Wildman–Crippen MR) is 241 cm³/mol. The lowest BCUT2D eigenvalue weighted by Gasteiger charge is -2.25. The van der Waals surface area contributed by atoms with Gasteiger partial charge >= 0.3 is 0 Å². The second kappa shape index (κ2) is 19.1. The summed E-state index contributed by atoms with van der Waals surface area (Å²) in [5.41, 5.74) is 3.95. The fourth-order valence-corrected chi connectivity index (χ4v) is 9.76. The van der Waals surface area contributed by atoms with Gasteiger partial charge in [-0.1, -0.05) is 11.8 Å². The SMILES string of the molecule is CCN(CC)c1cc(Nc2nc(Nc3cc(N(CC)CC)c(OC)cc3/N=N/c3snc4sccc34)nc(SCCO)n2)c(/N=N/c2snc3sccc23)cc1OC. The Bertz CT molecular complexity index is 2380. The first-order chi connectivity index (χ1) is 28.4. The molecule has 0 radical (unpaired) electrons. The number of methoxy groups -OCH3 is 2. The first-order valence-electron chi connectivity index (χ1n) is 18.4. The molecular weight excluding hydrogens is 835 g/mol. The fourth-order valence-electron chi connectivity index (χ4n) is 6.02. The number of rotatable bonds is 19. The molecule has 0 spiro atoms. The van der Waals surface area contributed by atoms with Gasteiger partial charge in [-0.2, -0.15) is 23.7 Å². The zero-order valence-corrected chi connectivity index (χ0v) is 36.7. The molecule has 58 heavy (non-hydrogen) atoms. The number of azo groups is 2. The fraction of sp³-hybridized carbons (Fsp3) is 0.324. The number of thioether (sulfide) groups is 1. The number of nitrogens with one attached hydrogen (secondary N) is 2. The molecule has 21 heteroatoms. The lowest BCUT2D eigenvalue weighted by atomic mass is 10.2. The third-order valence-corrected chi connectivity index (χ3v) is 13.1. The quantitative estimate of drug-likeness (QED) is 0.0516. The number of anilines is 6. The van der Waals surface area contributed by atoms with Crippen molar-refractivity contribution in [3.63, 3.8) is 0 Å². The molecule has 3 N–H and O–H groups in total. The minimum Gasteiger partial charge on any atom is -0.494 e. The number of aliphatic hydroxyl groups excluding tert-OH is 1. The van der Waals surface area contributed by atoms with Crippen LogP contribution in [0.15, 0.2) is 72.8 Å². The Kier molecular flexibility index (Phi) is 13.6. The maximum atomic E-state index is 9.74. The summed E-state index contributed by atoms with van der Waals surface area (Å²) in [4.78, 5) is 20.6. The molecule has 0 amide bonds. The minimum absolute atomic E-state index is 0.0572. The molecule has 0 bridgehead atoms. The first-order valence-corrected chi connectivity index (χ1v) is 22.7. The maximum absolute atomic E-state index is 9.74. The average molecular weight is 876 g/mol. The van der Waals surface area contributed by atoms with E-state index in [1.807, 2.05) is 47.2 Å². The van der Waals surface area contributed by atoms with Gasteiger partial charge in [0.2, 0.25) is 11.9 Å². The molecule has 7 rings (SSSR count). The minimum atomic E-state index is -0.0572. The van der Waals surface area contributed by atoms with Gasteiger partial charge in [0.25, 0.3) is 0 Å². The van der Waals surface area contributed by atoms with Crippen molar-refractivity contribution in [3.05, 3.63) is 47.2 Å². The highest BCUT2D eigenvalue weighted by molar-refractivity contribution is 7.99. The zero-order chi connectivity index (χ0) is 40.6. The van der Waals surface area contributed by atoms with Crippen molar-refractivity contribution in [1.82, 2.24) is 23.7 Å². The number of aliphatic hydroxyl groups is 1. The molecular formula is C37H41N13O3S5. The van der Waals surface area contributed by atoms with Gasteiger partial charge in [0, 0.05) is 44.1 Å². The number of thiophene rings is 2. The molecule has 0 fully saturated rings. The summed E-state index contributed by atoms with van der Waals surface area (Å²) in [6.07, 6.45) is 0. The summed E-state index contributed by atoms with van der Waals surface area (Å²) in [5.74, 6) is 2.16. The van der Waals surface area contributed by atoms with Crippen molar-refractivity contribution in [2.45, 2.75) is 32.9 Å². The second-order valence-electron chi connectivity index (χ2n) is 12.2. The van der Waals surface area contributed by atoms with Crippen LogP contribution in [0.5, 0.6) is 11.5 Å². The molecule has 0 aliphatic heterocycles. The number of benzene rings is 2. The Morgan fingerprint density at radius 2 is 1.14 bits per heavy atom. The summed E-state index contributed by atoms with van der Waals surface area (Å²) in [6.45, 7) is 11.3. The molecule has 5 heterocycles. The Morgan fingerprint density at radius 3 is 1.55 bits per heavy atom. The van der Waals surface area contributed by atoms with Crippen LogP contribution in [0, 0.1) is 0 Å². The number of aromatic nitrogens is 5. The largest absolute Gasteiger partial charge is 0.494 e. The number of hydrogen-bond donors (Lipinski definition) is 3. The lowest BCUT2D eigenvalue weighted by molar-refractivity contribution is 0.322. The molecule has 0 saturated carbocycles. The standard InChI is InChI=1S/C37H41N13O3S5/c1-7-49(8-2)27-17-23(25(19-29(27)52-5)43-45-31-21-11-14-54-33(21)47-57-31)38-35-40-36(42-37(41-35)56-16-13-51)39-24-18-28(50(9-3)10-4)30(53-6)20-26(24)44-46-32-22-12-15-55-34(22)48-58-32/h11-12,14-15,17-20,51H,7-10,13,16H2,1-6H3,(H2,38,39,40,41,42)/b45-43+,46-44+. The van der Waals surface area contributed by atoms with Gasteiger partial charge in [0.15, 0.2) is 15.2 Å². The highest BCUT2D eigenvalue weighted by atomic mass is 32.2. The van der Waals surface area contributed by atoms with Crippen molar-refractivity contribution in [3.8, 4) is 11.5 Å². The van der Waals surface area contributed by atoms with Crippen LogP contribution >= 0.6 is 57.5 Å². The number of nitrogens with zero attached hydrogens (tertiary/aromatic N) is 11. The third kappa shape index (κ3) is 8.98. The van der Waals surface area contributed by atoms with Crippen LogP contribution in [-0.2, 0) is 0 Å². The number of fused-ring (bicyclic) bond motifs is 2. The van der Waals surface area contributed by atoms with Crippen molar-refractivity contribution in [2.24, 2.45) is 20.5 Å². The molecule has 0 unspecified atom stereocenters. The summed E-state index contributed by atoms with van der Waals surface area (Å²) >= 11 is 7.02. The van der Waals surface area contributed by atoms with E-state index in [1.54, 1.807) is 36.9 Å². The van der Waals surface area contributed by atoms with E-state index in [0.29, 0.717) is 55.2 Å². The summed E-state index contributed by atoms with van der Waals surface area (Å²) in [5, 5.41) is 42.9. The topological polar surface area (TPSA) is 183 Å². The van der Waals surface area contributed by atoms with Gasteiger partial charge in [-0.3, -0.25) is 0 Å². The molecule has 2 aromatic carbocycles. The monoisotopic (exact) mass is 875 g/mol. The molecule has 0 aliphatic carbocycles. The van der Waals surface area contributed by atoms with Gasteiger partial charge in [-0.15, -0.1) is 43.1 Å². The van der Waals surface area contributed by atoms with E-state index in [2.05, 4.69) is 67.1 Å². The maximum Gasteiger partial charge on any atom is 0.233 e. The smallest absolute Gasteiger partial charge is 0.233 e. The Hall–Kier alpha value is -5.06. The molecule has 0 aliphatic rings. The normalized spacial score (nSPS) is 11.7. The summed E-state index contributed by atoms with van der Waals surface area (Å²) < 4.78 is 20.7. The van der Waals surface area contributed by atoms with Gasteiger partial charge in [0.05, 0.1) is 54.3 Å².